The van der Waals surface area contributed by atoms with Crippen molar-refractivity contribution in [2.75, 3.05) is 42.2 Å². The Morgan fingerprint density at radius 2 is 1.80 bits per heavy atom. The van der Waals surface area contributed by atoms with E-state index in [9.17, 15) is 4.79 Å². The van der Waals surface area contributed by atoms with E-state index in [1.54, 1.807) is 24.5 Å². The summed E-state index contributed by atoms with van der Waals surface area (Å²) in [5.41, 5.74) is 4.64. The van der Waals surface area contributed by atoms with Gasteiger partial charge in [-0.05, 0) is 62.7 Å². The summed E-state index contributed by atoms with van der Waals surface area (Å²) in [6.07, 6.45) is 7.10. The van der Waals surface area contributed by atoms with Gasteiger partial charge in [0.25, 0.3) is 0 Å². The van der Waals surface area contributed by atoms with E-state index in [2.05, 4.69) is 32.5 Å². The molecule has 0 radical (unpaired) electrons. The molecule has 2 fully saturated rings. The number of rotatable bonds is 4. The summed E-state index contributed by atoms with van der Waals surface area (Å²) in [6.45, 7) is 3.62. The number of ether oxygens (including phenoxy) is 1. The van der Waals surface area contributed by atoms with Crippen LogP contribution in [0, 0.1) is 0 Å². The van der Waals surface area contributed by atoms with E-state index in [1.165, 1.54) is 5.56 Å². The molecular weight excluding hydrogens is 442 g/mol. The fourth-order valence-corrected chi connectivity index (χ4v) is 5.15. The van der Waals surface area contributed by atoms with E-state index in [-0.39, 0.29) is 6.03 Å². The van der Waals surface area contributed by atoms with Crippen LogP contribution in [0.3, 0.4) is 0 Å². The highest BCUT2D eigenvalue weighted by atomic mass is 16.5. The van der Waals surface area contributed by atoms with Crippen molar-refractivity contribution in [1.82, 2.24) is 19.9 Å². The maximum Gasteiger partial charge on any atom is 0.323 e. The molecule has 5 heterocycles. The molecule has 3 aliphatic heterocycles. The maximum atomic E-state index is 12.3. The van der Waals surface area contributed by atoms with Crippen molar-refractivity contribution in [3.8, 4) is 11.4 Å². The molecule has 2 atom stereocenters. The lowest BCUT2D eigenvalue weighted by Gasteiger charge is -2.36. The number of urea groups is 1. The van der Waals surface area contributed by atoms with E-state index >= 15 is 0 Å². The van der Waals surface area contributed by atoms with Gasteiger partial charge in [-0.25, -0.2) is 14.8 Å². The predicted octanol–water partition coefficient (Wildman–Crippen LogP) is 3.54. The van der Waals surface area contributed by atoms with Gasteiger partial charge < -0.3 is 25.2 Å². The van der Waals surface area contributed by atoms with Crippen LogP contribution in [0.2, 0.25) is 0 Å². The molecule has 2 amide bonds. The first kappa shape index (κ1) is 21.9. The number of carbonyl (C=O) groups is 1. The minimum atomic E-state index is -0.317. The molecule has 6 rings (SSSR count). The fraction of sp³-hybridized carbons (Fsp3) is 0.385. The average Bonchev–Trinajstić information content (AvgIpc) is 3.21. The quantitative estimate of drug-likeness (QED) is 0.601. The lowest BCUT2D eigenvalue weighted by Crippen LogP contribution is -2.44. The summed E-state index contributed by atoms with van der Waals surface area (Å²) in [5, 5.41) is 5.63. The van der Waals surface area contributed by atoms with Gasteiger partial charge in [0.1, 0.15) is 5.82 Å². The minimum absolute atomic E-state index is 0.303. The first-order chi connectivity index (χ1) is 17.1. The Hall–Kier alpha value is -3.56. The van der Waals surface area contributed by atoms with Crippen LogP contribution < -0.4 is 15.5 Å². The maximum absolute atomic E-state index is 12.3. The molecule has 2 aromatic heterocycles. The van der Waals surface area contributed by atoms with Gasteiger partial charge in [-0.1, -0.05) is 0 Å². The summed E-state index contributed by atoms with van der Waals surface area (Å²) in [6, 6.07) is 10.9. The number of amides is 2. The van der Waals surface area contributed by atoms with Crippen molar-refractivity contribution in [2.24, 2.45) is 0 Å². The Labute approximate surface area is 204 Å². The highest BCUT2D eigenvalue weighted by molar-refractivity contribution is 5.99. The number of nitrogens with zero attached hydrogens (tertiary/aromatic N) is 5. The molecule has 1 aromatic carbocycles. The van der Waals surface area contributed by atoms with Gasteiger partial charge >= 0.3 is 6.03 Å². The zero-order valence-corrected chi connectivity index (χ0v) is 19.8. The Morgan fingerprint density at radius 1 is 1.03 bits per heavy atom. The Balaban J connectivity index is 1.24. The van der Waals surface area contributed by atoms with Crippen LogP contribution >= 0.6 is 0 Å². The minimum Gasteiger partial charge on any atom is -0.371 e. The molecule has 180 valence electrons. The number of aromatic nitrogens is 3. The normalized spacial score (nSPS) is 21.5. The van der Waals surface area contributed by atoms with Crippen LogP contribution in [-0.4, -0.2) is 64.8 Å². The number of nitrogens with one attached hydrogen (secondary N) is 2. The Bertz CT molecular complexity index is 1210. The highest BCUT2D eigenvalue weighted by Gasteiger charge is 2.36. The topological polar surface area (TPSA) is 95.5 Å². The Morgan fingerprint density at radius 3 is 2.54 bits per heavy atom. The van der Waals surface area contributed by atoms with E-state index < -0.39 is 0 Å². The summed E-state index contributed by atoms with van der Waals surface area (Å²) in [4.78, 5) is 31.1. The van der Waals surface area contributed by atoms with E-state index in [0.29, 0.717) is 23.6 Å². The number of fused-ring (bicyclic) bond motifs is 3. The van der Waals surface area contributed by atoms with Crippen molar-refractivity contribution < 1.29 is 9.53 Å². The third-order valence-corrected chi connectivity index (χ3v) is 6.90. The van der Waals surface area contributed by atoms with Gasteiger partial charge in [0.2, 0.25) is 0 Å². The zero-order chi connectivity index (χ0) is 23.8. The standard InChI is InChI=1S/C26H29N7O2/c1-32-12-10-22-23(16-32)30-24(31-25(22)33-14-20-8-9-21(15-33)35-20)17-4-6-18(7-5-17)28-26(34)29-19-3-2-11-27-13-19/h2-7,11,13,20-21H,8-10,12,14-16H2,1H3,(H2,28,29,34). The van der Waals surface area contributed by atoms with Crippen molar-refractivity contribution in [1.29, 1.82) is 0 Å². The number of morpholine rings is 1. The Kier molecular flexibility index (Phi) is 5.79. The van der Waals surface area contributed by atoms with E-state index in [0.717, 1.165) is 68.3 Å². The smallest absolute Gasteiger partial charge is 0.323 e. The molecule has 2 saturated heterocycles. The molecule has 0 aliphatic carbocycles. The second-order valence-electron chi connectivity index (χ2n) is 9.54. The molecule has 2 bridgehead atoms. The largest absolute Gasteiger partial charge is 0.371 e. The number of hydrogen-bond acceptors (Lipinski definition) is 7. The lowest BCUT2D eigenvalue weighted by atomic mass is 10.0. The van der Waals surface area contributed by atoms with Crippen molar-refractivity contribution in [2.45, 2.75) is 38.0 Å². The molecule has 3 aliphatic rings. The van der Waals surface area contributed by atoms with Crippen LogP contribution in [0.25, 0.3) is 11.4 Å². The fourth-order valence-electron chi connectivity index (χ4n) is 5.15. The SMILES string of the molecule is CN1CCc2c(nc(-c3ccc(NC(=O)Nc4cccnc4)cc3)nc2N2CC3CCC(C2)O3)C1. The molecule has 0 saturated carbocycles. The average molecular weight is 472 g/mol. The monoisotopic (exact) mass is 471 g/mol. The molecular formula is C26H29N7O2. The van der Waals surface area contributed by atoms with Crippen LogP contribution in [-0.2, 0) is 17.7 Å². The summed E-state index contributed by atoms with van der Waals surface area (Å²) >= 11 is 0. The molecule has 2 unspecified atom stereocenters. The van der Waals surface area contributed by atoms with Gasteiger partial charge in [0.05, 0.1) is 29.8 Å². The van der Waals surface area contributed by atoms with Crippen LogP contribution in [0.1, 0.15) is 24.1 Å². The van der Waals surface area contributed by atoms with Crippen LogP contribution in [0.5, 0.6) is 0 Å². The first-order valence-corrected chi connectivity index (χ1v) is 12.2. The molecule has 3 aromatic rings. The summed E-state index contributed by atoms with van der Waals surface area (Å²) in [7, 11) is 2.14. The number of carbonyl (C=O) groups excluding carboxylic acids is 1. The predicted molar refractivity (Wildman–Crippen MR) is 134 cm³/mol. The van der Waals surface area contributed by atoms with Gasteiger partial charge in [0, 0.05) is 49.2 Å². The van der Waals surface area contributed by atoms with Crippen molar-refractivity contribution in [3.63, 3.8) is 0 Å². The van der Waals surface area contributed by atoms with E-state index in [4.69, 9.17) is 14.7 Å². The number of pyridine rings is 1. The van der Waals surface area contributed by atoms with Gasteiger partial charge in [0.15, 0.2) is 5.82 Å². The second kappa shape index (κ2) is 9.24. The summed E-state index contributed by atoms with van der Waals surface area (Å²) in [5.74, 6) is 1.79. The molecule has 9 nitrogen and oxygen atoms in total. The van der Waals surface area contributed by atoms with Gasteiger partial charge in [-0.3, -0.25) is 4.98 Å². The molecule has 9 heteroatoms. The molecule has 35 heavy (non-hydrogen) atoms. The van der Waals surface area contributed by atoms with Gasteiger partial charge in [-0.15, -0.1) is 0 Å². The van der Waals surface area contributed by atoms with Crippen molar-refractivity contribution in [3.05, 3.63) is 60.0 Å². The number of anilines is 3. The third-order valence-electron chi connectivity index (χ3n) is 6.90. The lowest BCUT2D eigenvalue weighted by molar-refractivity contribution is 0.0301. The molecule has 2 N–H and O–H groups in total. The van der Waals surface area contributed by atoms with Crippen LogP contribution in [0.4, 0.5) is 22.0 Å². The first-order valence-electron chi connectivity index (χ1n) is 12.2. The summed E-state index contributed by atoms with van der Waals surface area (Å²) < 4.78 is 6.07. The second-order valence-corrected chi connectivity index (χ2v) is 9.54. The zero-order valence-electron chi connectivity index (χ0n) is 19.8. The van der Waals surface area contributed by atoms with E-state index in [1.807, 2.05) is 24.3 Å². The number of hydrogen-bond donors (Lipinski definition) is 2. The van der Waals surface area contributed by atoms with Crippen molar-refractivity contribution >= 4 is 23.2 Å². The van der Waals surface area contributed by atoms with Gasteiger partial charge in [-0.2, -0.15) is 0 Å². The number of benzene rings is 1. The number of likely N-dealkylation sites (N-methyl/N-ethyl adjacent to an activating group) is 1. The van der Waals surface area contributed by atoms with Crippen LogP contribution in [0.15, 0.2) is 48.8 Å². The molecule has 0 spiro atoms. The third kappa shape index (κ3) is 4.69. The highest BCUT2D eigenvalue weighted by Crippen LogP contribution is 2.34.